The van der Waals surface area contributed by atoms with E-state index >= 15 is 0 Å². The molecule has 0 aromatic heterocycles. The van der Waals surface area contributed by atoms with E-state index in [-0.39, 0.29) is 0 Å². The van der Waals surface area contributed by atoms with Gasteiger partial charge in [0.15, 0.2) is 0 Å². The Morgan fingerprint density at radius 1 is 1.29 bits per heavy atom. The summed E-state index contributed by atoms with van der Waals surface area (Å²) in [5.41, 5.74) is 0. The van der Waals surface area contributed by atoms with Crippen LogP contribution in [0.2, 0.25) is 9.38 Å². The summed E-state index contributed by atoms with van der Waals surface area (Å²) in [7, 11) is 0. The molecule has 0 N–H and O–H groups in total. The Morgan fingerprint density at radius 3 is 1.71 bits per heavy atom. The van der Waals surface area contributed by atoms with E-state index in [2.05, 4.69) is 11.9 Å². The normalized spacial score (nSPS) is 6.86. The molecule has 7 heavy (non-hydrogen) atoms. The van der Waals surface area contributed by atoms with E-state index in [0.29, 0.717) is 0 Å². The average Bonchev–Trinajstić information content (AvgIpc) is 1.75. The van der Waals surface area contributed by atoms with Crippen molar-refractivity contribution in [3.63, 3.8) is 0 Å². The Hall–Kier alpha value is 1.60. The third-order valence-corrected chi connectivity index (χ3v) is 1.54. The predicted molar refractivity (Wildman–Crippen MR) is 37.1 cm³/mol. The summed E-state index contributed by atoms with van der Waals surface area (Å²) in [5, 5.41) is 0. The van der Waals surface area contributed by atoms with Crippen LogP contribution in [0.15, 0.2) is 0 Å². The van der Waals surface area contributed by atoms with Crippen LogP contribution in [0.4, 0.5) is 0 Å². The van der Waals surface area contributed by atoms with E-state index in [0.717, 1.165) is 0 Å². The van der Waals surface area contributed by atoms with Crippen molar-refractivity contribution in [3.8, 4) is 0 Å². The number of hydrogen-bond donors (Lipinski definition) is 0. The minimum atomic E-state index is 1.37. The molecule has 0 aliphatic carbocycles. The molecule has 0 atom stereocenters. The zero-order valence-electron chi connectivity index (χ0n) is 5.12. The van der Waals surface area contributed by atoms with Crippen molar-refractivity contribution < 1.29 is 0 Å². The monoisotopic (exact) mass is 312 g/mol. The van der Waals surface area contributed by atoms with Crippen LogP contribution < -0.4 is 0 Å². The Kier molecular flexibility index (Phi) is 25.5. The summed E-state index contributed by atoms with van der Waals surface area (Å²) in [6.45, 7) is 2.23. The van der Waals surface area contributed by atoms with E-state index in [4.69, 9.17) is 0 Å². The van der Waals surface area contributed by atoms with Crippen molar-refractivity contribution >= 4 is 45.0 Å². The fraction of sp³-hybridized carbons (Fsp3) is 1.00. The van der Waals surface area contributed by atoms with Crippen LogP contribution in [0, 0.1) is 0 Å². The first-order chi connectivity index (χ1) is 3.41. The van der Waals surface area contributed by atoms with Gasteiger partial charge in [0.2, 0.25) is 0 Å². The van der Waals surface area contributed by atoms with E-state index in [1.807, 2.05) is 0 Å². The molecule has 0 aromatic rings. The molecule has 0 saturated carbocycles. The van der Waals surface area contributed by atoms with Crippen molar-refractivity contribution in [1.82, 2.24) is 0 Å². The zero-order chi connectivity index (χ0) is 6.12. The SMILES string of the molecule is CCC[CH2][Sn].[CH3][Sn]. The molecule has 2 heteroatoms. The number of rotatable bonds is 2. The van der Waals surface area contributed by atoms with Gasteiger partial charge in [0.05, 0.1) is 0 Å². The van der Waals surface area contributed by atoms with Crippen LogP contribution in [0.25, 0.3) is 0 Å². The average molecular weight is 310 g/mol. The minimum absolute atomic E-state index is 1.37. The maximum absolute atomic E-state index is 2.23. The predicted octanol–water partition coefficient (Wildman–Crippen LogP) is 1.58. The van der Waals surface area contributed by atoms with Crippen molar-refractivity contribution in [3.05, 3.63) is 0 Å². The van der Waals surface area contributed by atoms with Gasteiger partial charge in [-0.2, -0.15) is 0 Å². The molecular formula is C5H12Sn2. The molecule has 0 bridgehead atoms. The van der Waals surface area contributed by atoms with Crippen molar-refractivity contribution in [2.75, 3.05) is 0 Å². The van der Waals surface area contributed by atoms with Gasteiger partial charge in [0, 0.05) is 0 Å². The Bertz CT molecular complexity index is 13.6. The molecular weight excluding hydrogens is 297 g/mol. The molecule has 0 spiro atoms. The van der Waals surface area contributed by atoms with Crippen LogP contribution in [-0.2, 0) is 0 Å². The maximum atomic E-state index is 2.23. The summed E-state index contributed by atoms with van der Waals surface area (Å²) in [6, 6.07) is 0. The van der Waals surface area contributed by atoms with Crippen molar-refractivity contribution in [1.29, 1.82) is 0 Å². The van der Waals surface area contributed by atoms with E-state index in [1.165, 1.54) is 17.3 Å². The van der Waals surface area contributed by atoms with Crippen LogP contribution >= 0.6 is 0 Å². The van der Waals surface area contributed by atoms with Crippen LogP contribution in [0.5, 0.6) is 0 Å². The molecule has 0 amide bonds. The van der Waals surface area contributed by atoms with Crippen LogP contribution in [-0.4, -0.2) is 45.0 Å². The van der Waals surface area contributed by atoms with Crippen LogP contribution in [0.3, 0.4) is 0 Å². The molecule has 0 fully saturated rings. The molecule has 0 unspecified atom stereocenters. The molecule has 0 aliphatic rings. The molecule has 0 rings (SSSR count). The fourth-order valence-corrected chi connectivity index (χ4v) is 1.19. The van der Waals surface area contributed by atoms with Crippen molar-refractivity contribution in [2.45, 2.75) is 29.1 Å². The summed E-state index contributed by atoms with van der Waals surface area (Å²) in [6.07, 6.45) is 2.80. The van der Waals surface area contributed by atoms with E-state index < -0.39 is 0 Å². The summed E-state index contributed by atoms with van der Waals surface area (Å²) < 4.78 is 1.43. The van der Waals surface area contributed by atoms with Gasteiger partial charge in [-0.25, -0.2) is 0 Å². The van der Waals surface area contributed by atoms with Crippen molar-refractivity contribution in [2.24, 2.45) is 0 Å². The molecule has 0 nitrogen and oxygen atoms in total. The molecule has 0 heterocycles. The fourth-order valence-electron chi connectivity index (χ4n) is 0.177. The van der Waals surface area contributed by atoms with E-state index in [1.54, 1.807) is 45.0 Å². The van der Waals surface area contributed by atoms with E-state index in [9.17, 15) is 0 Å². The quantitative estimate of drug-likeness (QED) is 0.680. The van der Waals surface area contributed by atoms with Gasteiger partial charge < -0.3 is 0 Å². The second-order valence-electron chi connectivity index (χ2n) is 1.10. The second-order valence-corrected chi connectivity index (χ2v) is 2.53. The van der Waals surface area contributed by atoms with Gasteiger partial charge in [0.1, 0.15) is 0 Å². The van der Waals surface area contributed by atoms with Gasteiger partial charge >= 0.3 is 74.2 Å². The van der Waals surface area contributed by atoms with Gasteiger partial charge in [0.25, 0.3) is 0 Å². The van der Waals surface area contributed by atoms with Crippen LogP contribution in [0.1, 0.15) is 19.8 Å². The first kappa shape index (κ1) is 11.4. The first-order valence-corrected chi connectivity index (χ1v) is 7.43. The molecule has 0 saturated heterocycles. The standard InChI is InChI=1S/C4H9.CH3.2Sn/c1-3-4-2;;;/h1,3-4H2,2H3;1H3;;. The second kappa shape index (κ2) is 15.6. The zero-order valence-corrected chi connectivity index (χ0v) is 10.8. The van der Waals surface area contributed by atoms with Gasteiger partial charge in [-0.1, -0.05) is 0 Å². The van der Waals surface area contributed by atoms with Gasteiger partial charge in [-0.3, -0.25) is 0 Å². The Balaban J connectivity index is 0. The summed E-state index contributed by atoms with van der Waals surface area (Å²) in [5.74, 6) is 0. The molecule has 0 aromatic carbocycles. The Morgan fingerprint density at radius 2 is 1.71 bits per heavy atom. The third-order valence-electron chi connectivity index (χ3n) is 0.530. The van der Waals surface area contributed by atoms with Gasteiger partial charge in [-0.05, 0) is 0 Å². The molecule has 6 radical (unpaired) electrons. The summed E-state index contributed by atoms with van der Waals surface area (Å²) in [4.78, 5) is 2.09. The topological polar surface area (TPSA) is 0 Å². The Labute approximate surface area is 73.6 Å². The third kappa shape index (κ3) is 18.4. The first-order valence-electron chi connectivity index (χ1n) is 2.56. The number of hydrogen-bond acceptors (Lipinski definition) is 0. The number of unbranched alkanes of at least 4 members (excludes halogenated alkanes) is 1. The van der Waals surface area contributed by atoms with Gasteiger partial charge in [-0.15, -0.1) is 0 Å². The molecule has 0 aliphatic heterocycles. The molecule has 40 valence electrons. The summed E-state index contributed by atoms with van der Waals surface area (Å²) >= 11 is 3.23.